The van der Waals surface area contributed by atoms with Gasteiger partial charge in [0.25, 0.3) is 0 Å². The van der Waals surface area contributed by atoms with Crippen molar-refractivity contribution in [2.45, 2.75) is 6.61 Å². The number of benzene rings is 1. The molecule has 7 heteroatoms. The molecule has 3 aromatic heterocycles. The number of ether oxygens (including phenoxy) is 1. The maximum absolute atomic E-state index is 12.2. The van der Waals surface area contributed by atoms with Gasteiger partial charge in [-0.05, 0) is 23.6 Å². The summed E-state index contributed by atoms with van der Waals surface area (Å²) >= 11 is 1.51. The summed E-state index contributed by atoms with van der Waals surface area (Å²) in [5.74, 6) is -0.135. The number of carbonyl (C=O) groups is 1. The minimum Gasteiger partial charge on any atom is -0.454 e. The summed E-state index contributed by atoms with van der Waals surface area (Å²) in [5, 5.41) is 2.45. The molecule has 25 heavy (non-hydrogen) atoms. The topological polar surface area (TPSA) is 85.2 Å². The van der Waals surface area contributed by atoms with Crippen LogP contribution in [-0.2, 0) is 11.3 Å². The number of hydrogen-bond acceptors (Lipinski definition) is 6. The van der Waals surface area contributed by atoms with Crippen molar-refractivity contribution in [1.29, 1.82) is 0 Å². The number of carbonyl (C=O) groups excluding carboxylic acids is 1. The number of nitrogens with zero attached hydrogens (tertiary/aromatic N) is 1. The van der Waals surface area contributed by atoms with Gasteiger partial charge in [-0.1, -0.05) is 18.2 Å². The third kappa shape index (κ3) is 3.09. The highest BCUT2D eigenvalue weighted by Gasteiger charge is 2.13. The Bertz CT molecular complexity index is 1100. The highest BCUT2D eigenvalue weighted by Crippen LogP contribution is 2.23. The Morgan fingerprint density at radius 2 is 2.12 bits per heavy atom. The monoisotopic (exact) mass is 352 g/mol. The number of oxazole rings is 1. The number of H-pyrrole nitrogens is 1. The Morgan fingerprint density at radius 1 is 1.24 bits per heavy atom. The molecule has 1 N–H and O–H groups in total. The van der Waals surface area contributed by atoms with Crippen LogP contribution in [0.4, 0.5) is 0 Å². The van der Waals surface area contributed by atoms with Crippen LogP contribution in [0, 0.1) is 0 Å². The van der Waals surface area contributed by atoms with Gasteiger partial charge >= 0.3 is 5.97 Å². The number of rotatable bonds is 4. The molecular formula is C18H12N2O4S. The highest BCUT2D eigenvalue weighted by molar-refractivity contribution is 7.13. The molecule has 0 aliphatic carbocycles. The Morgan fingerprint density at radius 3 is 2.96 bits per heavy atom. The fourth-order valence-electron chi connectivity index (χ4n) is 2.41. The van der Waals surface area contributed by atoms with E-state index in [1.165, 1.54) is 23.7 Å². The van der Waals surface area contributed by atoms with Gasteiger partial charge in [0.2, 0.25) is 5.89 Å². The van der Waals surface area contributed by atoms with E-state index in [1.54, 1.807) is 24.3 Å². The number of esters is 1. The van der Waals surface area contributed by atoms with Gasteiger partial charge in [0.05, 0.1) is 4.88 Å². The first kappa shape index (κ1) is 15.3. The van der Waals surface area contributed by atoms with Crippen LogP contribution in [0.3, 0.4) is 0 Å². The molecule has 3 heterocycles. The third-order valence-electron chi connectivity index (χ3n) is 3.59. The van der Waals surface area contributed by atoms with Crippen molar-refractivity contribution in [3.63, 3.8) is 0 Å². The van der Waals surface area contributed by atoms with Crippen molar-refractivity contribution in [2.24, 2.45) is 0 Å². The van der Waals surface area contributed by atoms with Gasteiger partial charge in [-0.25, -0.2) is 9.78 Å². The molecule has 0 aliphatic heterocycles. The van der Waals surface area contributed by atoms with Gasteiger partial charge in [-0.2, -0.15) is 0 Å². The summed E-state index contributed by atoms with van der Waals surface area (Å²) in [6, 6.07) is 12.0. The molecule has 0 bridgehead atoms. The molecule has 0 fully saturated rings. The van der Waals surface area contributed by atoms with Gasteiger partial charge in [0.15, 0.2) is 5.43 Å². The second-order valence-corrected chi connectivity index (χ2v) is 6.24. The van der Waals surface area contributed by atoms with Crippen molar-refractivity contribution in [2.75, 3.05) is 0 Å². The smallest absolute Gasteiger partial charge is 0.355 e. The molecule has 0 amide bonds. The van der Waals surface area contributed by atoms with Crippen molar-refractivity contribution < 1.29 is 13.9 Å². The lowest BCUT2D eigenvalue weighted by Crippen LogP contribution is -2.12. The maximum Gasteiger partial charge on any atom is 0.355 e. The molecule has 0 saturated heterocycles. The molecule has 4 aromatic rings. The summed E-state index contributed by atoms with van der Waals surface area (Å²) in [7, 11) is 0. The second-order valence-electron chi connectivity index (χ2n) is 5.29. The maximum atomic E-state index is 12.2. The van der Waals surface area contributed by atoms with Gasteiger partial charge in [0.1, 0.15) is 24.3 Å². The number of nitrogens with one attached hydrogen (secondary N) is 1. The van der Waals surface area contributed by atoms with Crippen LogP contribution in [0.5, 0.6) is 0 Å². The second kappa shape index (κ2) is 6.37. The zero-order chi connectivity index (χ0) is 17.2. The van der Waals surface area contributed by atoms with Crippen LogP contribution >= 0.6 is 11.3 Å². The third-order valence-corrected chi connectivity index (χ3v) is 4.45. The van der Waals surface area contributed by atoms with Crippen LogP contribution in [0.25, 0.3) is 21.7 Å². The average molecular weight is 352 g/mol. The molecule has 0 aliphatic rings. The van der Waals surface area contributed by atoms with E-state index in [2.05, 4.69) is 9.97 Å². The molecule has 1 aromatic carbocycles. The Labute approximate surface area is 145 Å². The fourth-order valence-corrected chi connectivity index (χ4v) is 3.07. The average Bonchev–Trinajstić information content (AvgIpc) is 3.31. The number of pyridine rings is 1. The lowest BCUT2D eigenvalue weighted by molar-refractivity contribution is 0.0461. The molecule has 4 rings (SSSR count). The summed E-state index contributed by atoms with van der Waals surface area (Å²) in [4.78, 5) is 32.4. The molecule has 0 spiro atoms. The Balaban J connectivity index is 1.50. The summed E-state index contributed by atoms with van der Waals surface area (Å²) < 4.78 is 10.6. The quantitative estimate of drug-likeness (QED) is 0.567. The Kier molecular flexibility index (Phi) is 3.91. The molecule has 0 saturated carbocycles. The molecule has 0 atom stereocenters. The predicted octanol–water partition coefficient (Wildman–Crippen LogP) is 3.60. The molecule has 124 valence electrons. The van der Waals surface area contributed by atoms with Crippen LogP contribution in [0.15, 0.2) is 63.3 Å². The highest BCUT2D eigenvalue weighted by atomic mass is 32.1. The summed E-state index contributed by atoms with van der Waals surface area (Å²) in [6.45, 7) is -0.0391. The zero-order valence-electron chi connectivity index (χ0n) is 12.9. The van der Waals surface area contributed by atoms with E-state index in [-0.39, 0.29) is 17.7 Å². The SMILES string of the molecule is O=C(OCc1coc(-c2cccs2)n1)c1cc(=O)c2ccccc2[nH]1. The first-order valence-corrected chi connectivity index (χ1v) is 8.36. The van der Waals surface area contributed by atoms with E-state index < -0.39 is 5.97 Å². The van der Waals surface area contributed by atoms with E-state index in [4.69, 9.17) is 9.15 Å². The van der Waals surface area contributed by atoms with Crippen LogP contribution in [0.2, 0.25) is 0 Å². The molecule has 0 unspecified atom stereocenters. The van der Waals surface area contributed by atoms with Crippen LogP contribution < -0.4 is 5.43 Å². The predicted molar refractivity (Wildman–Crippen MR) is 93.5 cm³/mol. The van der Waals surface area contributed by atoms with Gasteiger partial charge in [-0.15, -0.1) is 11.3 Å². The van der Waals surface area contributed by atoms with Crippen molar-refractivity contribution >= 4 is 28.2 Å². The van der Waals surface area contributed by atoms with E-state index in [1.807, 2.05) is 17.5 Å². The van der Waals surface area contributed by atoms with E-state index in [0.29, 0.717) is 22.5 Å². The molecule has 0 radical (unpaired) electrons. The van der Waals surface area contributed by atoms with Crippen LogP contribution in [0.1, 0.15) is 16.2 Å². The van der Waals surface area contributed by atoms with Gasteiger partial charge in [-0.3, -0.25) is 4.79 Å². The summed E-state index contributed by atoms with van der Waals surface area (Å²) in [5.41, 5.74) is 0.955. The first-order chi connectivity index (χ1) is 12.2. The number of fused-ring (bicyclic) bond motifs is 1. The van der Waals surface area contributed by atoms with E-state index in [9.17, 15) is 9.59 Å². The Hall–Kier alpha value is -3.19. The van der Waals surface area contributed by atoms with E-state index in [0.717, 1.165) is 4.88 Å². The number of para-hydroxylation sites is 1. The summed E-state index contributed by atoms with van der Waals surface area (Å²) in [6.07, 6.45) is 1.45. The number of hydrogen-bond donors (Lipinski definition) is 1. The largest absolute Gasteiger partial charge is 0.454 e. The molecular weight excluding hydrogens is 340 g/mol. The van der Waals surface area contributed by atoms with Crippen molar-refractivity contribution in [3.8, 4) is 10.8 Å². The fraction of sp³-hybridized carbons (Fsp3) is 0.0556. The van der Waals surface area contributed by atoms with Crippen molar-refractivity contribution in [1.82, 2.24) is 9.97 Å². The zero-order valence-corrected chi connectivity index (χ0v) is 13.7. The minimum atomic E-state index is -0.622. The lowest BCUT2D eigenvalue weighted by atomic mass is 10.2. The normalized spacial score (nSPS) is 10.9. The van der Waals surface area contributed by atoms with E-state index >= 15 is 0 Å². The van der Waals surface area contributed by atoms with Gasteiger partial charge < -0.3 is 14.1 Å². The minimum absolute atomic E-state index is 0.0391. The standard InChI is InChI=1S/C18H12N2O4S/c21-15-8-14(20-13-5-2-1-4-12(13)15)18(22)24-10-11-9-23-17(19-11)16-6-3-7-25-16/h1-9H,10H2,(H,20,21). The lowest BCUT2D eigenvalue weighted by Gasteiger charge is -2.04. The first-order valence-electron chi connectivity index (χ1n) is 7.48. The van der Waals surface area contributed by atoms with Crippen LogP contribution in [-0.4, -0.2) is 15.9 Å². The molecule has 6 nitrogen and oxygen atoms in total. The number of thiophene rings is 1. The van der Waals surface area contributed by atoms with Gasteiger partial charge in [0, 0.05) is 17.0 Å². The number of aromatic amines is 1. The van der Waals surface area contributed by atoms with Crippen molar-refractivity contribution in [3.05, 3.63) is 75.7 Å². The number of aromatic nitrogens is 2.